The number of β-amino-alcohol motifs (C(OH)–C–C–N with tert-alkyl or cyclic N) is 1. The fraction of sp³-hybridized carbons (Fsp3) is 0.350. The highest BCUT2D eigenvalue weighted by atomic mass is 35.5. The fourth-order valence-corrected chi connectivity index (χ4v) is 4.40. The highest BCUT2D eigenvalue weighted by Crippen LogP contribution is 2.17. The molecule has 2 aromatic rings. The number of carbonyl (C=O) groups excluding carboxylic acids is 1. The second-order valence-corrected chi connectivity index (χ2v) is 8.95. The van der Waals surface area contributed by atoms with Gasteiger partial charge in [0, 0.05) is 31.1 Å². The summed E-state index contributed by atoms with van der Waals surface area (Å²) in [6, 6.07) is 13.3. The molecule has 1 aliphatic heterocycles. The Morgan fingerprint density at radius 2 is 1.75 bits per heavy atom. The van der Waals surface area contributed by atoms with Gasteiger partial charge >= 0.3 is 0 Å². The maximum Gasteiger partial charge on any atom is 0.251 e. The number of aliphatic hydroxyl groups excluding tert-OH is 1. The Morgan fingerprint density at radius 1 is 1.11 bits per heavy atom. The molecule has 28 heavy (non-hydrogen) atoms. The largest absolute Gasteiger partial charge is 0.391 e. The van der Waals surface area contributed by atoms with Crippen molar-refractivity contribution in [3.05, 3.63) is 65.2 Å². The van der Waals surface area contributed by atoms with Crippen LogP contribution < -0.4 is 10.6 Å². The van der Waals surface area contributed by atoms with Crippen molar-refractivity contribution in [2.45, 2.75) is 23.7 Å². The molecule has 0 aliphatic carbocycles. The number of hydrogen-bond acceptors (Lipinski definition) is 5. The first-order valence-electron chi connectivity index (χ1n) is 8.90. The van der Waals surface area contributed by atoms with Gasteiger partial charge in [0.2, 0.25) is 0 Å². The predicted octanol–water partition coefficient (Wildman–Crippen LogP) is 1.70. The Labute approximate surface area is 171 Å². The van der Waals surface area contributed by atoms with Gasteiger partial charge in [0.25, 0.3) is 5.91 Å². The van der Waals surface area contributed by atoms with Crippen LogP contribution in [-0.2, 0) is 15.6 Å². The third-order valence-electron chi connectivity index (χ3n) is 4.78. The summed E-state index contributed by atoms with van der Waals surface area (Å²) in [6.07, 6.45) is -0.445. The monoisotopic (exact) mass is 424 g/mol. The molecule has 1 heterocycles. The molecule has 0 radical (unpaired) electrons. The van der Waals surface area contributed by atoms with Crippen LogP contribution in [0.2, 0.25) is 0 Å². The topological polar surface area (TPSA) is 95.5 Å². The zero-order valence-corrected chi connectivity index (χ0v) is 17.2. The number of aliphatic hydroxyl groups is 1. The fourth-order valence-electron chi connectivity index (χ4n) is 3.05. The van der Waals surface area contributed by atoms with E-state index in [0.717, 1.165) is 5.56 Å². The van der Waals surface area contributed by atoms with E-state index in [2.05, 4.69) is 10.6 Å². The number of halogens is 1. The van der Waals surface area contributed by atoms with E-state index in [1.54, 1.807) is 48.5 Å². The van der Waals surface area contributed by atoms with Gasteiger partial charge in [-0.2, -0.15) is 0 Å². The van der Waals surface area contributed by atoms with E-state index in [0.29, 0.717) is 35.7 Å². The van der Waals surface area contributed by atoms with Crippen molar-refractivity contribution in [1.82, 2.24) is 10.6 Å². The van der Waals surface area contributed by atoms with Gasteiger partial charge in [-0.1, -0.05) is 29.8 Å². The molecule has 152 valence electrons. The molecule has 0 saturated carbocycles. The Kier molecular flexibility index (Phi) is 7.60. The summed E-state index contributed by atoms with van der Waals surface area (Å²) in [5.41, 5.74) is 2.10. The summed E-state index contributed by atoms with van der Waals surface area (Å²) in [6.45, 7) is 3.53. The van der Waals surface area contributed by atoms with Crippen molar-refractivity contribution in [2.75, 3.05) is 19.6 Å². The molecule has 1 aliphatic rings. The van der Waals surface area contributed by atoms with Gasteiger partial charge in [0.15, 0.2) is 9.84 Å². The standard InChI is InChI=1S/C20H24N2O4S.ClH/c1-14-2-8-18(9-3-14)27(25,26)13-15-4-6-16(7-5-15)20(24)22-11-17-10-21-12-19(17)23;/h2-9,17,19,21,23H,10-13H2,1H3,(H,22,24);1H. The Balaban J connectivity index is 0.00000280. The minimum absolute atomic E-state index is 0. The first-order chi connectivity index (χ1) is 12.8. The Morgan fingerprint density at radius 3 is 2.32 bits per heavy atom. The van der Waals surface area contributed by atoms with Crippen LogP contribution in [0, 0.1) is 12.8 Å². The molecule has 2 unspecified atom stereocenters. The van der Waals surface area contributed by atoms with E-state index in [9.17, 15) is 18.3 Å². The molecule has 6 nitrogen and oxygen atoms in total. The molecule has 3 rings (SSSR count). The van der Waals surface area contributed by atoms with Crippen LogP contribution in [0.5, 0.6) is 0 Å². The second-order valence-electron chi connectivity index (χ2n) is 6.96. The number of rotatable bonds is 6. The van der Waals surface area contributed by atoms with Crippen LogP contribution in [-0.4, -0.2) is 45.2 Å². The van der Waals surface area contributed by atoms with Crippen LogP contribution in [0.25, 0.3) is 0 Å². The molecule has 1 amide bonds. The highest BCUT2D eigenvalue weighted by Gasteiger charge is 2.25. The molecule has 3 N–H and O–H groups in total. The zero-order chi connectivity index (χ0) is 19.4. The van der Waals surface area contributed by atoms with Gasteiger partial charge < -0.3 is 15.7 Å². The predicted molar refractivity (Wildman–Crippen MR) is 110 cm³/mol. The molecule has 1 fully saturated rings. The highest BCUT2D eigenvalue weighted by molar-refractivity contribution is 7.90. The second kappa shape index (κ2) is 9.52. The minimum atomic E-state index is -3.43. The summed E-state index contributed by atoms with van der Waals surface area (Å²) in [5.74, 6) is -0.340. The summed E-state index contributed by atoms with van der Waals surface area (Å²) in [5, 5.41) is 15.6. The third-order valence-corrected chi connectivity index (χ3v) is 6.49. The van der Waals surface area contributed by atoms with E-state index in [1.807, 2.05) is 6.92 Å². The van der Waals surface area contributed by atoms with Crippen molar-refractivity contribution < 1.29 is 18.3 Å². The minimum Gasteiger partial charge on any atom is -0.391 e. The number of sulfone groups is 1. The molecule has 8 heteroatoms. The maximum absolute atomic E-state index is 12.5. The summed E-state index contributed by atoms with van der Waals surface area (Å²) in [7, 11) is -3.43. The maximum atomic E-state index is 12.5. The number of aryl methyl sites for hydroxylation is 1. The molecular formula is C20H25ClN2O4S. The summed E-state index contributed by atoms with van der Waals surface area (Å²) in [4.78, 5) is 12.5. The number of amides is 1. The van der Waals surface area contributed by atoms with Gasteiger partial charge in [-0.05, 0) is 36.8 Å². The quantitative estimate of drug-likeness (QED) is 0.656. The van der Waals surface area contributed by atoms with E-state index in [-0.39, 0.29) is 30.0 Å². The van der Waals surface area contributed by atoms with E-state index in [4.69, 9.17) is 0 Å². The van der Waals surface area contributed by atoms with Gasteiger partial charge in [-0.15, -0.1) is 12.4 Å². The van der Waals surface area contributed by atoms with E-state index >= 15 is 0 Å². The number of benzene rings is 2. The molecule has 1 saturated heterocycles. The van der Waals surface area contributed by atoms with Crippen LogP contribution >= 0.6 is 12.4 Å². The lowest BCUT2D eigenvalue weighted by Gasteiger charge is -2.14. The normalized spacial score (nSPS) is 19.1. The number of hydrogen-bond donors (Lipinski definition) is 3. The summed E-state index contributed by atoms with van der Waals surface area (Å²) < 4.78 is 25.0. The lowest BCUT2D eigenvalue weighted by Crippen LogP contribution is -2.34. The van der Waals surface area contributed by atoms with Crippen LogP contribution in [0.1, 0.15) is 21.5 Å². The first-order valence-corrected chi connectivity index (χ1v) is 10.6. The Hall–Kier alpha value is -1.93. The zero-order valence-electron chi connectivity index (χ0n) is 15.6. The van der Waals surface area contributed by atoms with Crippen molar-refractivity contribution >= 4 is 28.2 Å². The lowest BCUT2D eigenvalue weighted by molar-refractivity contribution is 0.0927. The van der Waals surface area contributed by atoms with Crippen LogP contribution in [0.4, 0.5) is 0 Å². The molecule has 2 aromatic carbocycles. The average molecular weight is 425 g/mol. The SMILES string of the molecule is Cc1ccc(S(=O)(=O)Cc2ccc(C(=O)NCC3CNCC3O)cc2)cc1.Cl. The van der Waals surface area contributed by atoms with Crippen molar-refractivity contribution in [2.24, 2.45) is 5.92 Å². The van der Waals surface area contributed by atoms with Crippen molar-refractivity contribution in [1.29, 1.82) is 0 Å². The van der Waals surface area contributed by atoms with Crippen LogP contribution in [0.15, 0.2) is 53.4 Å². The third kappa shape index (κ3) is 5.54. The molecule has 0 spiro atoms. The smallest absolute Gasteiger partial charge is 0.251 e. The van der Waals surface area contributed by atoms with E-state index < -0.39 is 15.9 Å². The lowest BCUT2D eigenvalue weighted by atomic mass is 10.1. The van der Waals surface area contributed by atoms with Crippen LogP contribution in [0.3, 0.4) is 0 Å². The first kappa shape index (κ1) is 22.4. The average Bonchev–Trinajstić information content (AvgIpc) is 3.05. The number of nitrogens with one attached hydrogen (secondary N) is 2. The van der Waals surface area contributed by atoms with Gasteiger partial charge in [0.05, 0.1) is 16.8 Å². The van der Waals surface area contributed by atoms with E-state index in [1.165, 1.54) is 0 Å². The van der Waals surface area contributed by atoms with Crippen molar-refractivity contribution in [3.63, 3.8) is 0 Å². The Bertz CT molecular complexity index is 899. The summed E-state index contributed by atoms with van der Waals surface area (Å²) >= 11 is 0. The number of carbonyl (C=O) groups is 1. The van der Waals surface area contributed by atoms with Gasteiger partial charge in [0.1, 0.15) is 0 Å². The molecular weight excluding hydrogens is 400 g/mol. The van der Waals surface area contributed by atoms with Gasteiger partial charge in [-0.3, -0.25) is 4.79 Å². The molecule has 0 bridgehead atoms. The molecule has 2 atom stereocenters. The molecule has 0 aromatic heterocycles. The van der Waals surface area contributed by atoms with Gasteiger partial charge in [-0.25, -0.2) is 8.42 Å². The van der Waals surface area contributed by atoms with Crippen molar-refractivity contribution in [3.8, 4) is 0 Å².